The summed E-state index contributed by atoms with van der Waals surface area (Å²) < 4.78 is 26.2. The van der Waals surface area contributed by atoms with Gasteiger partial charge in [-0.3, -0.25) is 4.79 Å². The minimum absolute atomic E-state index is 0.0401. The molecule has 20 heavy (non-hydrogen) atoms. The summed E-state index contributed by atoms with van der Waals surface area (Å²) in [5.41, 5.74) is 2.66. The van der Waals surface area contributed by atoms with Crippen LogP contribution in [0.3, 0.4) is 0 Å². The van der Waals surface area contributed by atoms with E-state index in [-0.39, 0.29) is 31.8 Å². The molecule has 1 heterocycles. The number of fused-ring (bicyclic) bond motifs is 1. The predicted octanol–water partition coefficient (Wildman–Crippen LogP) is 3.05. The van der Waals surface area contributed by atoms with Crippen LogP contribution < -0.4 is 0 Å². The van der Waals surface area contributed by atoms with Crippen molar-refractivity contribution in [2.24, 2.45) is 5.92 Å². The Morgan fingerprint density at radius 3 is 2.25 bits per heavy atom. The van der Waals surface area contributed by atoms with Crippen LogP contribution in [0.15, 0.2) is 24.3 Å². The van der Waals surface area contributed by atoms with Crippen molar-refractivity contribution in [3.05, 3.63) is 35.4 Å². The van der Waals surface area contributed by atoms with Gasteiger partial charge in [0.15, 0.2) is 0 Å². The van der Waals surface area contributed by atoms with Gasteiger partial charge >= 0.3 is 0 Å². The highest BCUT2D eigenvalue weighted by Gasteiger charge is 2.36. The second-order valence-electron chi connectivity index (χ2n) is 5.98. The van der Waals surface area contributed by atoms with Crippen molar-refractivity contribution in [1.82, 2.24) is 4.90 Å². The fraction of sp³-hybridized carbons (Fsp3) is 0.562. The van der Waals surface area contributed by atoms with Crippen LogP contribution in [-0.2, 0) is 17.6 Å². The molecule has 1 aliphatic heterocycles. The molecule has 1 aliphatic carbocycles. The normalized spacial score (nSPS) is 21.8. The zero-order valence-corrected chi connectivity index (χ0v) is 11.4. The van der Waals surface area contributed by atoms with Crippen LogP contribution in [0.25, 0.3) is 0 Å². The summed E-state index contributed by atoms with van der Waals surface area (Å²) in [4.78, 5) is 13.8. The van der Waals surface area contributed by atoms with Crippen LogP contribution in [0, 0.1) is 5.92 Å². The predicted molar refractivity (Wildman–Crippen MR) is 72.7 cm³/mol. The van der Waals surface area contributed by atoms with E-state index in [1.54, 1.807) is 4.90 Å². The number of carbonyl (C=O) groups excluding carboxylic acids is 1. The second kappa shape index (κ2) is 5.15. The van der Waals surface area contributed by atoms with Crippen molar-refractivity contribution < 1.29 is 13.6 Å². The molecule has 1 amide bonds. The summed E-state index contributed by atoms with van der Waals surface area (Å²) in [5, 5.41) is 0. The van der Waals surface area contributed by atoms with E-state index in [1.165, 1.54) is 11.1 Å². The van der Waals surface area contributed by atoms with E-state index >= 15 is 0 Å². The topological polar surface area (TPSA) is 20.3 Å². The molecule has 0 atom stereocenters. The standard InChI is InChI=1S/C16H19F2NO/c17-16(18)5-7-19(8-6-16)15(20)11-12-9-13-3-1-2-4-14(13)10-12/h1-4,12H,5-11H2. The first-order valence-electron chi connectivity index (χ1n) is 7.26. The fourth-order valence-electron chi connectivity index (χ4n) is 3.25. The van der Waals surface area contributed by atoms with Gasteiger partial charge in [-0.25, -0.2) is 8.78 Å². The van der Waals surface area contributed by atoms with Gasteiger partial charge in [0.1, 0.15) is 0 Å². The van der Waals surface area contributed by atoms with Crippen molar-refractivity contribution in [2.75, 3.05) is 13.1 Å². The smallest absolute Gasteiger partial charge is 0.251 e. The molecule has 0 saturated carbocycles. The number of amides is 1. The number of likely N-dealkylation sites (tertiary alicyclic amines) is 1. The molecule has 108 valence electrons. The number of halogens is 2. The number of piperidine rings is 1. The van der Waals surface area contributed by atoms with Crippen molar-refractivity contribution in [1.29, 1.82) is 0 Å². The van der Waals surface area contributed by atoms with Gasteiger partial charge in [-0.15, -0.1) is 0 Å². The average molecular weight is 279 g/mol. The molecule has 0 radical (unpaired) electrons. The Bertz CT molecular complexity index is 480. The van der Waals surface area contributed by atoms with Crippen LogP contribution in [0.2, 0.25) is 0 Å². The van der Waals surface area contributed by atoms with Gasteiger partial charge < -0.3 is 4.90 Å². The van der Waals surface area contributed by atoms with E-state index in [9.17, 15) is 13.6 Å². The average Bonchev–Trinajstić information content (AvgIpc) is 2.80. The molecule has 2 aliphatic rings. The first kappa shape index (κ1) is 13.5. The van der Waals surface area contributed by atoms with Crippen molar-refractivity contribution >= 4 is 5.91 Å². The molecular formula is C16H19F2NO. The summed E-state index contributed by atoms with van der Waals surface area (Å²) in [6.07, 6.45) is 1.98. The van der Waals surface area contributed by atoms with E-state index in [1.807, 2.05) is 12.1 Å². The molecule has 0 unspecified atom stereocenters. The summed E-state index contributed by atoms with van der Waals surface area (Å²) in [5.74, 6) is -2.21. The third-order valence-corrected chi connectivity index (χ3v) is 4.45. The lowest BCUT2D eigenvalue weighted by molar-refractivity contribution is -0.138. The molecule has 0 bridgehead atoms. The highest BCUT2D eigenvalue weighted by Crippen LogP contribution is 2.31. The molecule has 0 spiro atoms. The number of alkyl halides is 2. The van der Waals surface area contributed by atoms with Crippen LogP contribution in [0.1, 0.15) is 30.4 Å². The Morgan fingerprint density at radius 1 is 1.15 bits per heavy atom. The van der Waals surface area contributed by atoms with Gasteiger partial charge in [0.05, 0.1) is 0 Å². The lowest BCUT2D eigenvalue weighted by Crippen LogP contribution is -2.43. The van der Waals surface area contributed by atoms with Gasteiger partial charge in [-0.1, -0.05) is 24.3 Å². The van der Waals surface area contributed by atoms with Gasteiger partial charge in [-0.05, 0) is 29.9 Å². The molecule has 2 nitrogen and oxygen atoms in total. The largest absolute Gasteiger partial charge is 0.342 e. The van der Waals surface area contributed by atoms with E-state index in [0.717, 1.165) is 12.8 Å². The van der Waals surface area contributed by atoms with Crippen molar-refractivity contribution in [3.63, 3.8) is 0 Å². The van der Waals surface area contributed by atoms with Gasteiger partial charge in [-0.2, -0.15) is 0 Å². The van der Waals surface area contributed by atoms with Gasteiger partial charge in [0.25, 0.3) is 5.92 Å². The number of hydrogen-bond donors (Lipinski definition) is 0. The number of benzene rings is 1. The highest BCUT2D eigenvalue weighted by molar-refractivity contribution is 5.76. The lowest BCUT2D eigenvalue weighted by Gasteiger charge is -2.32. The molecule has 0 aromatic heterocycles. The number of carbonyl (C=O) groups is 1. The summed E-state index contributed by atoms with van der Waals surface area (Å²) in [7, 11) is 0. The number of nitrogens with zero attached hydrogens (tertiary/aromatic N) is 1. The molecule has 4 heteroatoms. The Hall–Kier alpha value is -1.45. The fourth-order valence-corrected chi connectivity index (χ4v) is 3.25. The van der Waals surface area contributed by atoms with E-state index in [0.29, 0.717) is 12.3 Å². The van der Waals surface area contributed by atoms with Crippen molar-refractivity contribution in [3.8, 4) is 0 Å². The molecule has 1 aromatic rings. The maximum atomic E-state index is 13.1. The van der Waals surface area contributed by atoms with Gasteiger partial charge in [0, 0.05) is 32.4 Å². The number of hydrogen-bond acceptors (Lipinski definition) is 1. The minimum Gasteiger partial charge on any atom is -0.342 e. The zero-order valence-electron chi connectivity index (χ0n) is 11.4. The maximum Gasteiger partial charge on any atom is 0.251 e. The molecule has 1 aromatic carbocycles. The Balaban J connectivity index is 1.54. The Labute approximate surface area is 117 Å². The molecular weight excluding hydrogens is 260 g/mol. The monoisotopic (exact) mass is 279 g/mol. The zero-order chi connectivity index (χ0) is 14.2. The number of rotatable bonds is 2. The minimum atomic E-state index is -2.58. The molecule has 3 rings (SSSR count). The highest BCUT2D eigenvalue weighted by atomic mass is 19.3. The van der Waals surface area contributed by atoms with E-state index < -0.39 is 5.92 Å². The maximum absolute atomic E-state index is 13.1. The van der Waals surface area contributed by atoms with E-state index in [4.69, 9.17) is 0 Å². The van der Waals surface area contributed by atoms with Crippen LogP contribution >= 0.6 is 0 Å². The van der Waals surface area contributed by atoms with Crippen LogP contribution in [-0.4, -0.2) is 29.8 Å². The molecule has 1 fully saturated rings. The lowest BCUT2D eigenvalue weighted by atomic mass is 10.00. The van der Waals surface area contributed by atoms with Crippen LogP contribution in [0.4, 0.5) is 8.78 Å². The molecule has 0 N–H and O–H groups in total. The SMILES string of the molecule is O=C(CC1Cc2ccccc2C1)N1CCC(F)(F)CC1. The summed E-state index contributed by atoms with van der Waals surface area (Å²) >= 11 is 0. The second-order valence-corrected chi connectivity index (χ2v) is 5.98. The first-order valence-corrected chi connectivity index (χ1v) is 7.26. The summed E-state index contributed by atoms with van der Waals surface area (Å²) in [6.45, 7) is 0.400. The van der Waals surface area contributed by atoms with Crippen LogP contribution in [0.5, 0.6) is 0 Å². The molecule has 1 saturated heterocycles. The summed E-state index contributed by atoms with van der Waals surface area (Å²) in [6, 6.07) is 8.27. The van der Waals surface area contributed by atoms with E-state index in [2.05, 4.69) is 12.1 Å². The quantitative estimate of drug-likeness (QED) is 0.815. The third kappa shape index (κ3) is 2.84. The first-order chi connectivity index (χ1) is 9.53. The van der Waals surface area contributed by atoms with Gasteiger partial charge in [0.2, 0.25) is 5.91 Å². The Morgan fingerprint density at radius 2 is 1.70 bits per heavy atom. The third-order valence-electron chi connectivity index (χ3n) is 4.45. The van der Waals surface area contributed by atoms with Crippen molar-refractivity contribution in [2.45, 2.75) is 38.0 Å². The Kier molecular flexibility index (Phi) is 3.48.